The molecule has 0 aromatic rings. The summed E-state index contributed by atoms with van der Waals surface area (Å²) in [5.41, 5.74) is 5.60. The molecule has 2 unspecified atom stereocenters. The average molecular weight is 270 g/mol. The van der Waals surface area contributed by atoms with E-state index in [4.69, 9.17) is 10.5 Å². The number of hydrogen-bond donors (Lipinski definition) is 1. The van der Waals surface area contributed by atoms with E-state index in [2.05, 4.69) is 18.7 Å². The Morgan fingerprint density at radius 3 is 2.74 bits per heavy atom. The molecule has 2 N–H and O–H groups in total. The van der Waals surface area contributed by atoms with E-state index in [9.17, 15) is 4.79 Å². The zero-order valence-corrected chi connectivity index (χ0v) is 12.7. The van der Waals surface area contributed by atoms with E-state index in [1.807, 2.05) is 0 Å². The van der Waals surface area contributed by atoms with E-state index in [0.717, 1.165) is 25.8 Å². The number of piperidine rings is 1. The Morgan fingerprint density at radius 2 is 2.16 bits per heavy atom. The first-order chi connectivity index (χ1) is 9.08. The standard InChI is InChI=1S/C15H30N2O2/c1-12(2)7-8-13-6-4-5-9-17(13)15(18)10-14(11-16)19-3/h12-14H,4-11,16H2,1-3H3. The smallest absolute Gasteiger partial charge is 0.225 e. The number of hydrogen-bond acceptors (Lipinski definition) is 3. The van der Waals surface area contributed by atoms with Gasteiger partial charge in [-0.1, -0.05) is 13.8 Å². The van der Waals surface area contributed by atoms with Crippen molar-refractivity contribution < 1.29 is 9.53 Å². The Kier molecular flexibility index (Phi) is 7.39. The van der Waals surface area contributed by atoms with Crippen molar-refractivity contribution in [3.63, 3.8) is 0 Å². The molecule has 4 heteroatoms. The molecule has 0 spiro atoms. The summed E-state index contributed by atoms with van der Waals surface area (Å²) in [6.07, 6.45) is 6.13. The summed E-state index contributed by atoms with van der Waals surface area (Å²) in [5.74, 6) is 0.917. The first kappa shape index (κ1) is 16.4. The predicted molar refractivity (Wildman–Crippen MR) is 77.9 cm³/mol. The summed E-state index contributed by atoms with van der Waals surface area (Å²) in [5, 5.41) is 0. The van der Waals surface area contributed by atoms with E-state index in [1.54, 1.807) is 7.11 Å². The molecule has 1 rings (SSSR count). The second-order valence-corrected chi connectivity index (χ2v) is 6.01. The van der Waals surface area contributed by atoms with Crippen LogP contribution in [-0.4, -0.2) is 43.2 Å². The average Bonchev–Trinajstić information content (AvgIpc) is 2.42. The van der Waals surface area contributed by atoms with E-state index in [0.29, 0.717) is 24.9 Å². The topological polar surface area (TPSA) is 55.6 Å². The normalized spacial score (nSPS) is 21.7. The highest BCUT2D eigenvalue weighted by Crippen LogP contribution is 2.23. The Balaban J connectivity index is 2.52. The Hall–Kier alpha value is -0.610. The Morgan fingerprint density at radius 1 is 1.42 bits per heavy atom. The van der Waals surface area contributed by atoms with Gasteiger partial charge >= 0.3 is 0 Å². The van der Waals surface area contributed by atoms with Crippen molar-refractivity contribution in [1.29, 1.82) is 0 Å². The lowest BCUT2D eigenvalue weighted by Crippen LogP contribution is -2.45. The number of rotatable bonds is 7. The number of nitrogens with zero attached hydrogens (tertiary/aromatic N) is 1. The molecule has 0 saturated carbocycles. The van der Waals surface area contributed by atoms with Crippen LogP contribution in [0.4, 0.5) is 0 Å². The summed E-state index contributed by atoms with van der Waals surface area (Å²) < 4.78 is 5.22. The highest BCUT2D eigenvalue weighted by atomic mass is 16.5. The molecule has 1 amide bonds. The molecule has 2 atom stereocenters. The Labute approximate surface area is 117 Å². The van der Waals surface area contributed by atoms with Crippen molar-refractivity contribution in [3.8, 4) is 0 Å². The van der Waals surface area contributed by atoms with Gasteiger partial charge in [0.1, 0.15) is 0 Å². The van der Waals surface area contributed by atoms with Gasteiger partial charge in [-0.2, -0.15) is 0 Å². The highest BCUT2D eigenvalue weighted by Gasteiger charge is 2.27. The van der Waals surface area contributed by atoms with Crippen LogP contribution in [0.1, 0.15) is 52.4 Å². The van der Waals surface area contributed by atoms with Crippen LogP contribution in [0.15, 0.2) is 0 Å². The fourth-order valence-electron chi connectivity index (χ4n) is 2.73. The maximum Gasteiger partial charge on any atom is 0.225 e. The third-order valence-corrected chi connectivity index (χ3v) is 4.02. The SMILES string of the molecule is COC(CN)CC(=O)N1CCCCC1CCC(C)C. The van der Waals surface area contributed by atoms with Crippen molar-refractivity contribution in [2.45, 2.75) is 64.5 Å². The monoisotopic (exact) mass is 270 g/mol. The summed E-state index contributed by atoms with van der Waals surface area (Å²) in [6, 6.07) is 0.430. The van der Waals surface area contributed by atoms with Crippen LogP contribution in [-0.2, 0) is 9.53 Å². The molecule has 0 aliphatic carbocycles. The Bertz CT molecular complexity index is 265. The van der Waals surface area contributed by atoms with Crippen molar-refractivity contribution in [2.24, 2.45) is 11.7 Å². The van der Waals surface area contributed by atoms with Gasteiger partial charge in [-0.15, -0.1) is 0 Å². The van der Waals surface area contributed by atoms with E-state index >= 15 is 0 Å². The van der Waals surface area contributed by atoms with Gasteiger partial charge in [0.15, 0.2) is 0 Å². The van der Waals surface area contributed by atoms with Crippen LogP contribution in [0.25, 0.3) is 0 Å². The third kappa shape index (κ3) is 5.49. The van der Waals surface area contributed by atoms with Gasteiger partial charge in [0, 0.05) is 26.2 Å². The van der Waals surface area contributed by atoms with Gasteiger partial charge in [-0.05, 0) is 38.0 Å². The van der Waals surface area contributed by atoms with Crippen molar-refractivity contribution >= 4 is 5.91 Å². The molecule has 0 aromatic heterocycles. The quantitative estimate of drug-likeness (QED) is 0.771. The zero-order chi connectivity index (χ0) is 14.3. The van der Waals surface area contributed by atoms with Crippen LogP contribution >= 0.6 is 0 Å². The molecule has 1 fully saturated rings. The maximum atomic E-state index is 12.4. The fourth-order valence-corrected chi connectivity index (χ4v) is 2.73. The lowest BCUT2D eigenvalue weighted by molar-refractivity contribution is -0.137. The van der Waals surface area contributed by atoms with Gasteiger partial charge in [0.25, 0.3) is 0 Å². The third-order valence-electron chi connectivity index (χ3n) is 4.02. The summed E-state index contributed by atoms with van der Waals surface area (Å²) in [4.78, 5) is 14.4. The second-order valence-electron chi connectivity index (χ2n) is 6.01. The molecule has 4 nitrogen and oxygen atoms in total. The minimum absolute atomic E-state index is 0.139. The van der Waals surface area contributed by atoms with Crippen LogP contribution in [0, 0.1) is 5.92 Å². The first-order valence-corrected chi connectivity index (χ1v) is 7.60. The van der Waals surface area contributed by atoms with Crippen molar-refractivity contribution in [2.75, 3.05) is 20.2 Å². The second kappa shape index (κ2) is 8.54. The van der Waals surface area contributed by atoms with Gasteiger partial charge in [0.2, 0.25) is 5.91 Å². The number of amides is 1. The number of methoxy groups -OCH3 is 1. The van der Waals surface area contributed by atoms with Crippen molar-refractivity contribution in [3.05, 3.63) is 0 Å². The number of nitrogens with two attached hydrogens (primary N) is 1. The molecule has 1 aliphatic rings. The number of carbonyl (C=O) groups is 1. The molecular weight excluding hydrogens is 240 g/mol. The number of likely N-dealkylation sites (tertiary alicyclic amines) is 1. The molecule has 0 aromatic carbocycles. The number of ether oxygens (including phenoxy) is 1. The molecule has 1 heterocycles. The maximum absolute atomic E-state index is 12.4. The lowest BCUT2D eigenvalue weighted by Gasteiger charge is -2.37. The summed E-state index contributed by atoms with van der Waals surface area (Å²) >= 11 is 0. The molecule has 1 aliphatic heterocycles. The minimum atomic E-state index is -0.139. The van der Waals surface area contributed by atoms with E-state index < -0.39 is 0 Å². The molecular formula is C15H30N2O2. The van der Waals surface area contributed by atoms with Crippen molar-refractivity contribution in [1.82, 2.24) is 4.90 Å². The number of carbonyl (C=O) groups excluding carboxylic acids is 1. The van der Waals surface area contributed by atoms with Crippen LogP contribution in [0.5, 0.6) is 0 Å². The van der Waals surface area contributed by atoms with E-state index in [-0.39, 0.29) is 12.0 Å². The molecule has 19 heavy (non-hydrogen) atoms. The minimum Gasteiger partial charge on any atom is -0.380 e. The summed E-state index contributed by atoms with van der Waals surface area (Å²) in [7, 11) is 1.62. The largest absolute Gasteiger partial charge is 0.380 e. The van der Waals surface area contributed by atoms with Gasteiger partial charge in [-0.3, -0.25) is 4.79 Å². The van der Waals surface area contributed by atoms with E-state index in [1.165, 1.54) is 12.8 Å². The van der Waals surface area contributed by atoms with Crippen LogP contribution < -0.4 is 5.73 Å². The molecule has 1 saturated heterocycles. The summed E-state index contributed by atoms with van der Waals surface area (Å²) in [6.45, 7) is 5.80. The van der Waals surface area contributed by atoms with Gasteiger partial charge in [-0.25, -0.2) is 0 Å². The molecule has 112 valence electrons. The zero-order valence-electron chi connectivity index (χ0n) is 12.7. The van der Waals surface area contributed by atoms with Gasteiger partial charge in [0.05, 0.1) is 12.5 Å². The lowest BCUT2D eigenvalue weighted by atomic mass is 9.94. The van der Waals surface area contributed by atoms with Crippen LogP contribution in [0.3, 0.4) is 0 Å². The van der Waals surface area contributed by atoms with Gasteiger partial charge < -0.3 is 15.4 Å². The first-order valence-electron chi connectivity index (χ1n) is 7.60. The molecule has 0 bridgehead atoms. The molecule has 0 radical (unpaired) electrons. The highest BCUT2D eigenvalue weighted by molar-refractivity contribution is 5.77. The predicted octanol–water partition coefficient (Wildman–Crippen LogP) is 2.17. The fraction of sp³-hybridized carbons (Fsp3) is 0.933. The van der Waals surface area contributed by atoms with Crippen LogP contribution in [0.2, 0.25) is 0 Å².